The Bertz CT molecular complexity index is 684. The van der Waals surface area contributed by atoms with E-state index in [0.29, 0.717) is 5.69 Å². The normalized spacial score (nSPS) is 11.5. The summed E-state index contributed by atoms with van der Waals surface area (Å²) in [5.74, 6) is -0.356. The molecule has 2 amide bonds. The number of carbonyl (C=O) groups excluding carboxylic acids is 2. The maximum atomic E-state index is 11.9. The second-order valence-electron chi connectivity index (χ2n) is 5.78. The number of carbonyl (C=O) groups is 2. The van der Waals surface area contributed by atoms with Crippen molar-refractivity contribution < 1.29 is 9.59 Å². The monoisotopic (exact) mass is 325 g/mol. The smallest absolute Gasteiger partial charge is 0.243 e. The molecule has 5 heteroatoms. The largest absolute Gasteiger partial charge is 0.379 e. The number of hydrogen-bond acceptors (Lipinski definition) is 3. The molecule has 0 spiro atoms. The van der Waals surface area contributed by atoms with Gasteiger partial charge in [0.15, 0.2) is 0 Å². The van der Waals surface area contributed by atoms with E-state index in [0.717, 1.165) is 5.69 Å². The summed E-state index contributed by atoms with van der Waals surface area (Å²) < 4.78 is 0. The molecule has 24 heavy (non-hydrogen) atoms. The molecular formula is C19H23N3O2. The third-order valence-electron chi connectivity index (χ3n) is 3.77. The summed E-state index contributed by atoms with van der Waals surface area (Å²) in [6, 6.07) is 17.9. The summed E-state index contributed by atoms with van der Waals surface area (Å²) in [5, 5.41) is 6.20. The van der Waals surface area contributed by atoms with Crippen molar-refractivity contribution in [2.75, 3.05) is 24.2 Å². The van der Waals surface area contributed by atoms with E-state index in [1.807, 2.05) is 42.5 Å². The lowest BCUT2D eigenvalue weighted by Gasteiger charge is -2.17. The van der Waals surface area contributed by atoms with E-state index in [2.05, 4.69) is 29.7 Å². The minimum Gasteiger partial charge on any atom is -0.379 e. The molecule has 0 saturated heterocycles. The zero-order chi connectivity index (χ0) is 17.5. The Balaban J connectivity index is 1.91. The molecular weight excluding hydrogens is 302 g/mol. The van der Waals surface area contributed by atoms with E-state index in [1.165, 1.54) is 17.4 Å². The van der Waals surface area contributed by atoms with Crippen molar-refractivity contribution >= 4 is 23.2 Å². The number of benzene rings is 2. The fourth-order valence-electron chi connectivity index (χ4n) is 2.25. The maximum Gasteiger partial charge on any atom is 0.243 e. The first-order valence-corrected chi connectivity index (χ1v) is 7.89. The first-order valence-electron chi connectivity index (χ1n) is 7.89. The van der Waals surface area contributed by atoms with Crippen LogP contribution in [0.25, 0.3) is 0 Å². The van der Waals surface area contributed by atoms with Gasteiger partial charge in [-0.25, -0.2) is 0 Å². The van der Waals surface area contributed by atoms with E-state index < -0.39 is 0 Å². The molecule has 2 N–H and O–H groups in total. The molecule has 0 heterocycles. The van der Waals surface area contributed by atoms with Crippen LogP contribution in [0.15, 0.2) is 54.6 Å². The average molecular weight is 325 g/mol. The molecule has 2 rings (SSSR count). The second kappa shape index (κ2) is 8.15. The molecule has 0 aliphatic carbocycles. The molecule has 126 valence electrons. The summed E-state index contributed by atoms with van der Waals surface area (Å²) in [6.07, 6.45) is 0. The van der Waals surface area contributed by atoms with Crippen molar-refractivity contribution in [2.45, 2.75) is 19.9 Å². The number of nitrogens with one attached hydrogen (secondary N) is 2. The van der Waals surface area contributed by atoms with Crippen molar-refractivity contribution in [3.63, 3.8) is 0 Å². The fourth-order valence-corrected chi connectivity index (χ4v) is 2.25. The maximum absolute atomic E-state index is 11.9. The Kier molecular flexibility index (Phi) is 5.95. The molecule has 2 aromatic carbocycles. The highest BCUT2D eigenvalue weighted by Gasteiger charge is 2.09. The van der Waals surface area contributed by atoms with Gasteiger partial charge in [-0.2, -0.15) is 0 Å². The lowest BCUT2D eigenvalue weighted by molar-refractivity contribution is -0.131. The topological polar surface area (TPSA) is 61.4 Å². The quantitative estimate of drug-likeness (QED) is 0.857. The molecule has 0 aliphatic heterocycles. The minimum atomic E-state index is -0.217. The van der Waals surface area contributed by atoms with Gasteiger partial charge in [-0.15, -0.1) is 0 Å². The third kappa shape index (κ3) is 5.12. The van der Waals surface area contributed by atoms with E-state index in [9.17, 15) is 9.59 Å². The highest BCUT2D eigenvalue weighted by molar-refractivity contribution is 5.94. The van der Waals surface area contributed by atoms with Gasteiger partial charge in [-0.3, -0.25) is 9.59 Å². The van der Waals surface area contributed by atoms with Crippen LogP contribution in [0.4, 0.5) is 11.4 Å². The van der Waals surface area contributed by atoms with Gasteiger partial charge in [0.2, 0.25) is 11.8 Å². The second-order valence-corrected chi connectivity index (χ2v) is 5.78. The summed E-state index contributed by atoms with van der Waals surface area (Å²) in [6.45, 7) is 3.57. The lowest BCUT2D eigenvalue weighted by atomic mass is 10.1. The number of hydrogen-bond donors (Lipinski definition) is 2. The molecule has 2 aromatic rings. The minimum absolute atomic E-state index is 0.0420. The van der Waals surface area contributed by atoms with Crippen LogP contribution < -0.4 is 10.6 Å². The van der Waals surface area contributed by atoms with Gasteiger partial charge in [0.1, 0.15) is 0 Å². The van der Waals surface area contributed by atoms with Crippen LogP contribution in [0.3, 0.4) is 0 Å². The van der Waals surface area contributed by atoms with Crippen molar-refractivity contribution in [2.24, 2.45) is 0 Å². The van der Waals surface area contributed by atoms with Crippen LogP contribution in [-0.4, -0.2) is 30.3 Å². The van der Waals surface area contributed by atoms with Gasteiger partial charge in [-0.05, 0) is 36.8 Å². The molecule has 0 saturated carbocycles. The van der Waals surface area contributed by atoms with Crippen molar-refractivity contribution in [3.8, 4) is 0 Å². The predicted octanol–water partition coefficient (Wildman–Crippen LogP) is 3.28. The number of likely N-dealkylation sites (N-methyl/N-ethyl adjacent to an activating group) is 1. The Morgan fingerprint density at radius 1 is 1.00 bits per heavy atom. The summed E-state index contributed by atoms with van der Waals surface area (Å²) in [5.41, 5.74) is 2.89. The molecule has 0 radical (unpaired) electrons. The van der Waals surface area contributed by atoms with Crippen molar-refractivity contribution in [1.29, 1.82) is 0 Å². The molecule has 0 unspecified atom stereocenters. The molecule has 0 aromatic heterocycles. The van der Waals surface area contributed by atoms with Crippen molar-refractivity contribution in [1.82, 2.24) is 4.90 Å². The van der Waals surface area contributed by atoms with E-state index >= 15 is 0 Å². The summed E-state index contributed by atoms with van der Waals surface area (Å²) in [4.78, 5) is 24.4. The zero-order valence-electron chi connectivity index (χ0n) is 14.2. The Morgan fingerprint density at radius 3 is 2.17 bits per heavy atom. The predicted molar refractivity (Wildman–Crippen MR) is 96.9 cm³/mol. The first kappa shape index (κ1) is 17.5. The Morgan fingerprint density at radius 2 is 1.58 bits per heavy atom. The van der Waals surface area contributed by atoms with Gasteiger partial charge in [0, 0.05) is 31.4 Å². The number of rotatable bonds is 6. The number of anilines is 2. The molecule has 5 nitrogen and oxygen atoms in total. The van der Waals surface area contributed by atoms with Gasteiger partial charge >= 0.3 is 0 Å². The SMILES string of the molecule is CC(=O)N(C)CC(=O)Nc1ccc(N[C@@H](C)c2ccccc2)cc1. The lowest BCUT2D eigenvalue weighted by Crippen LogP contribution is -2.33. The number of nitrogens with zero attached hydrogens (tertiary/aromatic N) is 1. The zero-order valence-corrected chi connectivity index (χ0v) is 14.2. The van der Waals surface area contributed by atoms with E-state index in [-0.39, 0.29) is 24.4 Å². The highest BCUT2D eigenvalue weighted by atomic mass is 16.2. The molecule has 0 aliphatic rings. The molecule has 1 atom stereocenters. The van der Waals surface area contributed by atoms with Crippen LogP contribution in [0.1, 0.15) is 25.5 Å². The first-order chi connectivity index (χ1) is 11.5. The molecule has 0 bridgehead atoms. The van der Waals surface area contributed by atoms with Crippen LogP contribution in [0.2, 0.25) is 0 Å². The highest BCUT2D eigenvalue weighted by Crippen LogP contribution is 2.20. The third-order valence-corrected chi connectivity index (χ3v) is 3.77. The standard InChI is InChI=1S/C19H23N3O2/c1-14(16-7-5-4-6-8-16)20-17-9-11-18(12-10-17)21-19(24)13-22(3)15(2)23/h4-12,14,20H,13H2,1-3H3,(H,21,24)/t14-/m0/s1. The van der Waals surface area contributed by atoms with E-state index in [1.54, 1.807) is 7.05 Å². The van der Waals surface area contributed by atoms with Crippen LogP contribution in [0.5, 0.6) is 0 Å². The van der Waals surface area contributed by atoms with E-state index in [4.69, 9.17) is 0 Å². The Hall–Kier alpha value is -2.82. The fraction of sp³-hybridized carbons (Fsp3) is 0.263. The summed E-state index contributed by atoms with van der Waals surface area (Å²) >= 11 is 0. The van der Waals surface area contributed by atoms with Crippen molar-refractivity contribution in [3.05, 3.63) is 60.2 Å². The summed E-state index contributed by atoms with van der Waals surface area (Å²) in [7, 11) is 1.60. The molecule has 0 fully saturated rings. The van der Waals surface area contributed by atoms with Gasteiger partial charge in [0.05, 0.1) is 6.54 Å². The van der Waals surface area contributed by atoms with Crippen LogP contribution >= 0.6 is 0 Å². The van der Waals surface area contributed by atoms with Crippen LogP contribution in [0, 0.1) is 0 Å². The number of amides is 2. The van der Waals surface area contributed by atoms with Gasteiger partial charge in [0.25, 0.3) is 0 Å². The van der Waals surface area contributed by atoms with Gasteiger partial charge in [-0.1, -0.05) is 30.3 Å². The van der Waals surface area contributed by atoms with Gasteiger partial charge < -0.3 is 15.5 Å². The average Bonchev–Trinajstić information content (AvgIpc) is 2.57. The van der Waals surface area contributed by atoms with Crippen LogP contribution in [-0.2, 0) is 9.59 Å². The Labute approximate surface area is 142 Å².